The molecular formula is C12H17IN2O2S. The molecule has 18 heavy (non-hydrogen) atoms. The molecule has 0 amide bonds. The fourth-order valence-corrected chi connectivity index (χ4v) is 4.11. The van der Waals surface area contributed by atoms with Gasteiger partial charge in [0, 0.05) is 16.7 Å². The van der Waals surface area contributed by atoms with Gasteiger partial charge in [-0.1, -0.05) is 0 Å². The minimum absolute atomic E-state index is 0.289. The van der Waals surface area contributed by atoms with E-state index in [2.05, 4.69) is 22.6 Å². The Labute approximate surface area is 122 Å². The van der Waals surface area contributed by atoms with Crippen molar-refractivity contribution in [2.75, 3.05) is 19.6 Å². The summed E-state index contributed by atoms with van der Waals surface area (Å²) in [6.45, 7) is 1.70. The molecule has 0 saturated carbocycles. The first-order chi connectivity index (χ1) is 8.54. The Bertz CT molecular complexity index is 501. The lowest BCUT2D eigenvalue weighted by Crippen LogP contribution is -2.41. The van der Waals surface area contributed by atoms with Gasteiger partial charge in [0.05, 0.1) is 4.90 Å². The molecule has 1 atom stereocenters. The molecule has 1 aliphatic heterocycles. The predicted molar refractivity (Wildman–Crippen MR) is 79.7 cm³/mol. The maximum atomic E-state index is 12.4. The summed E-state index contributed by atoms with van der Waals surface area (Å²) in [5, 5.41) is 0. The van der Waals surface area contributed by atoms with Crippen LogP contribution in [0.3, 0.4) is 0 Å². The van der Waals surface area contributed by atoms with E-state index in [1.54, 1.807) is 16.4 Å². The fraction of sp³-hybridized carbons (Fsp3) is 0.500. The smallest absolute Gasteiger partial charge is 0.243 e. The van der Waals surface area contributed by atoms with Crippen molar-refractivity contribution in [1.82, 2.24) is 4.31 Å². The monoisotopic (exact) mass is 380 g/mol. The van der Waals surface area contributed by atoms with Crippen LogP contribution in [0, 0.1) is 9.49 Å². The SMILES string of the molecule is NCC1CCCN(S(=O)(=O)c2ccc(I)cc2)C1. The van der Waals surface area contributed by atoms with Gasteiger partial charge in [-0.2, -0.15) is 4.31 Å². The van der Waals surface area contributed by atoms with Crippen molar-refractivity contribution in [3.05, 3.63) is 27.8 Å². The third-order valence-electron chi connectivity index (χ3n) is 3.27. The molecule has 0 aliphatic carbocycles. The lowest BCUT2D eigenvalue weighted by Gasteiger charge is -2.31. The van der Waals surface area contributed by atoms with Crippen LogP contribution >= 0.6 is 22.6 Å². The Morgan fingerprint density at radius 3 is 2.61 bits per heavy atom. The molecule has 1 aliphatic rings. The first-order valence-corrected chi connectivity index (χ1v) is 8.51. The standard InChI is InChI=1S/C12H17IN2O2S/c13-11-3-5-12(6-4-11)18(16,17)15-7-1-2-10(8-14)9-15/h3-6,10H,1-2,7-9,14H2. The van der Waals surface area contributed by atoms with Gasteiger partial charge in [0.25, 0.3) is 0 Å². The molecule has 2 rings (SSSR count). The topological polar surface area (TPSA) is 63.4 Å². The van der Waals surface area contributed by atoms with Crippen LogP contribution in [0.4, 0.5) is 0 Å². The van der Waals surface area contributed by atoms with Crippen LogP contribution in [0.15, 0.2) is 29.2 Å². The van der Waals surface area contributed by atoms with E-state index < -0.39 is 10.0 Å². The molecule has 1 unspecified atom stereocenters. The summed E-state index contributed by atoms with van der Waals surface area (Å²) in [5.74, 6) is 0.289. The van der Waals surface area contributed by atoms with Gasteiger partial charge in [0.1, 0.15) is 0 Å². The van der Waals surface area contributed by atoms with Gasteiger partial charge in [-0.15, -0.1) is 0 Å². The van der Waals surface area contributed by atoms with E-state index >= 15 is 0 Å². The highest BCUT2D eigenvalue weighted by atomic mass is 127. The lowest BCUT2D eigenvalue weighted by molar-refractivity contribution is 0.271. The van der Waals surface area contributed by atoms with Gasteiger partial charge in [-0.25, -0.2) is 8.42 Å². The summed E-state index contributed by atoms with van der Waals surface area (Å²) in [7, 11) is -3.35. The Balaban J connectivity index is 2.22. The van der Waals surface area contributed by atoms with E-state index in [-0.39, 0.29) is 5.92 Å². The van der Waals surface area contributed by atoms with Crippen molar-refractivity contribution in [1.29, 1.82) is 0 Å². The fourth-order valence-electron chi connectivity index (χ4n) is 2.19. The van der Waals surface area contributed by atoms with E-state index in [0.717, 1.165) is 16.4 Å². The van der Waals surface area contributed by atoms with Crippen LogP contribution in [-0.4, -0.2) is 32.4 Å². The first-order valence-electron chi connectivity index (χ1n) is 6.00. The van der Waals surface area contributed by atoms with Crippen LogP contribution in [0.1, 0.15) is 12.8 Å². The third kappa shape index (κ3) is 3.04. The highest BCUT2D eigenvalue weighted by molar-refractivity contribution is 14.1. The molecule has 1 fully saturated rings. The van der Waals surface area contributed by atoms with Crippen LogP contribution in [0.25, 0.3) is 0 Å². The Morgan fingerprint density at radius 2 is 2.00 bits per heavy atom. The van der Waals surface area contributed by atoms with E-state index in [0.29, 0.717) is 24.5 Å². The van der Waals surface area contributed by atoms with Gasteiger partial charge in [-0.3, -0.25) is 0 Å². The van der Waals surface area contributed by atoms with Crippen molar-refractivity contribution in [2.24, 2.45) is 11.7 Å². The molecule has 2 N–H and O–H groups in total. The van der Waals surface area contributed by atoms with Crippen molar-refractivity contribution < 1.29 is 8.42 Å². The number of hydrogen-bond acceptors (Lipinski definition) is 3. The highest BCUT2D eigenvalue weighted by Crippen LogP contribution is 2.23. The van der Waals surface area contributed by atoms with Gasteiger partial charge in [0.15, 0.2) is 0 Å². The van der Waals surface area contributed by atoms with E-state index in [4.69, 9.17) is 5.73 Å². The number of hydrogen-bond donors (Lipinski definition) is 1. The van der Waals surface area contributed by atoms with Gasteiger partial charge < -0.3 is 5.73 Å². The van der Waals surface area contributed by atoms with E-state index in [9.17, 15) is 8.42 Å². The predicted octanol–water partition coefficient (Wildman–Crippen LogP) is 1.65. The minimum Gasteiger partial charge on any atom is -0.330 e. The van der Waals surface area contributed by atoms with E-state index in [1.165, 1.54) is 0 Å². The lowest BCUT2D eigenvalue weighted by atomic mass is 10.0. The second-order valence-electron chi connectivity index (χ2n) is 4.56. The molecule has 4 nitrogen and oxygen atoms in total. The summed E-state index contributed by atoms with van der Waals surface area (Å²) in [6, 6.07) is 6.97. The zero-order chi connectivity index (χ0) is 13.2. The maximum absolute atomic E-state index is 12.4. The third-order valence-corrected chi connectivity index (χ3v) is 5.87. The molecule has 1 saturated heterocycles. The number of piperidine rings is 1. The normalized spacial score (nSPS) is 22.0. The molecule has 0 spiro atoms. The van der Waals surface area contributed by atoms with E-state index in [1.807, 2.05) is 12.1 Å². The number of halogens is 1. The number of nitrogens with zero attached hydrogens (tertiary/aromatic N) is 1. The Hall–Kier alpha value is -0.180. The molecule has 6 heteroatoms. The summed E-state index contributed by atoms with van der Waals surface area (Å²) < 4.78 is 27.5. The Kier molecular flexibility index (Phi) is 4.63. The van der Waals surface area contributed by atoms with Crippen molar-refractivity contribution in [3.63, 3.8) is 0 Å². The summed E-state index contributed by atoms with van der Waals surface area (Å²) in [5.41, 5.74) is 5.64. The van der Waals surface area contributed by atoms with Crippen molar-refractivity contribution >= 4 is 32.6 Å². The number of nitrogens with two attached hydrogens (primary N) is 1. The molecule has 0 radical (unpaired) electrons. The molecular weight excluding hydrogens is 363 g/mol. The zero-order valence-corrected chi connectivity index (χ0v) is 13.0. The molecule has 1 aromatic carbocycles. The van der Waals surface area contributed by atoms with Gasteiger partial charge in [-0.05, 0) is 72.2 Å². The minimum atomic E-state index is -3.35. The molecule has 100 valence electrons. The second-order valence-corrected chi connectivity index (χ2v) is 7.74. The number of sulfonamides is 1. The summed E-state index contributed by atoms with van der Waals surface area (Å²) in [6.07, 6.45) is 1.92. The molecule has 0 aromatic heterocycles. The zero-order valence-electron chi connectivity index (χ0n) is 10.0. The molecule has 1 heterocycles. The number of benzene rings is 1. The first kappa shape index (κ1) is 14.2. The summed E-state index contributed by atoms with van der Waals surface area (Å²) >= 11 is 2.16. The van der Waals surface area contributed by atoms with Crippen LogP contribution in [0.5, 0.6) is 0 Å². The average molecular weight is 380 g/mol. The molecule has 0 bridgehead atoms. The van der Waals surface area contributed by atoms with Gasteiger partial charge >= 0.3 is 0 Å². The molecule has 1 aromatic rings. The second kappa shape index (κ2) is 5.85. The Morgan fingerprint density at radius 1 is 1.33 bits per heavy atom. The quantitative estimate of drug-likeness (QED) is 0.812. The summed E-state index contributed by atoms with van der Waals surface area (Å²) in [4.78, 5) is 0.376. The average Bonchev–Trinajstić information content (AvgIpc) is 2.39. The largest absolute Gasteiger partial charge is 0.330 e. The van der Waals surface area contributed by atoms with Crippen molar-refractivity contribution in [3.8, 4) is 0 Å². The van der Waals surface area contributed by atoms with Gasteiger partial charge in [0.2, 0.25) is 10.0 Å². The maximum Gasteiger partial charge on any atom is 0.243 e. The van der Waals surface area contributed by atoms with Crippen molar-refractivity contribution in [2.45, 2.75) is 17.7 Å². The number of rotatable bonds is 3. The van der Waals surface area contributed by atoms with Crippen LogP contribution in [0.2, 0.25) is 0 Å². The van der Waals surface area contributed by atoms with Crippen LogP contribution < -0.4 is 5.73 Å². The highest BCUT2D eigenvalue weighted by Gasteiger charge is 2.29. The van der Waals surface area contributed by atoms with Crippen LogP contribution in [-0.2, 0) is 10.0 Å².